The van der Waals surface area contributed by atoms with E-state index in [1.165, 1.54) is 27.4 Å². The molecule has 0 aliphatic rings. The summed E-state index contributed by atoms with van der Waals surface area (Å²) in [5, 5.41) is 14.5. The summed E-state index contributed by atoms with van der Waals surface area (Å²) in [5.41, 5.74) is 5.14. The molecule has 0 atom stereocenters. The number of aromatic nitrogens is 4. The number of H-pyrrole nitrogens is 1. The van der Waals surface area contributed by atoms with Gasteiger partial charge in [-0.2, -0.15) is 5.10 Å². The van der Waals surface area contributed by atoms with Gasteiger partial charge in [0.2, 0.25) is 11.1 Å². The molecule has 0 saturated heterocycles. The van der Waals surface area contributed by atoms with Gasteiger partial charge in [-0.05, 0) is 30.5 Å². The molecule has 0 unspecified atom stereocenters. The van der Waals surface area contributed by atoms with E-state index in [1.807, 2.05) is 43.3 Å². The van der Waals surface area contributed by atoms with Crippen LogP contribution in [0, 0.1) is 6.92 Å². The lowest BCUT2D eigenvalue weighted by Gasteiger charge is -2.06. The molecule has 8 heteroatoms. The SMILES string of the molecule is CCc1ccc(-c2cc3c(=O)[nH]nc(SCC(=O)NCc4ccc(C)cc4)n3n2)cc1. The van der Waals surface area contributed by atoms with Gasteiger partial charge in [-0.15, -0.1) is 5.10 Å². The third-order valence-corrected chi connectivity index (χ3v) is 5.91. The zero-order valence-electron chi connectivity index (χ0n) is 17.4. The second kappa shape index (κ2) is 9.18. The molecule has 2 aromatic carbocycles. The van der Waals surface area contributed by atoms with E-state index in [0.29, 0.717) is 22.9 Å². The average molecular weight is 434 g/mol. The molecule has 31 heavy (non-hydrogen) atoms. The van der Waals surface area contributed by atoms with Gasteiger partial charge in [-0.1, -0.05) is 72.8 Å². The Balaban J connectivity index is 1.47. The van der Waals surface area contributed by atoms with Crippen LogP contribution in [-0.2, 0) is 17.8 Å². The topological polar surface area (TPSA) is 92.1 Å². The highest BCUT2D eigenvalue weighted by Crippen LogP contribution is 2.22. The van der Waals surface area contributed by atoms with Crippen molar-refractivity contribution in [3.63, 3.8) is 0 Å². The Morgan fingerprint density at radius 2 is 1.81 bits per heavy atom. The Morgan fingerprint density at radius 3 is 2.52 bits per heavy atom. The highest BCUT2D eigenvalue weighted by atomic mass is 32.2. The van der Waals surface area contributed by atoms with Gasteiger partial charge in [-0.25, -0.2) is 9.61 Å². The average Bonchev–Trinajstić information content (AvgIpc) is 3.25. The number of nitrogens with one attached hydrogen (secondary N) is 2. The van der Waals surface area contributed by atoms with Crippen LogP contribution in [0.5, 0.6) is 0 Å². The Kier molecular flexibility index (Phi) is 6.18. The first-order valence-corrected chi connectivity index (χ1v) is 11.0. The van der Waals surface area contributed by atoms with Crippen molar-refractivity contribution in [2.75, 3.05) is 5.75 Å². The van der Waals surface area contributed by atoms with Gasteiger partial charge in [0.15, 0.2) is 0 Å². The standard InChI is InChI=1S/C23H23N5O2S/c1-3-16-8-10-18(11-9-16)19-12-20-22(30)25-26-23(28(20)27-19)31-14-21(29)24-13-17-6-4-15(2)5-7-17/h4-12H,3,13-14H2,1-2H3,(H,24,29)(H,25,30). The number of aromatic amines is 1. The monoisotopic (exact) mass is 433 g/mol. The molecule has 2 aromatic heterocycles. The zero-order valence-corrected chi connectivity index (χ0v) is 18.2. The first-order valence-electron chi connectivity index (χ1n) is 10.1. The van der Waals surface area contributed by atoms with Crippen LogP contribution in [0.4, 0.5) is 0 Å². The maximum Gasteiger partial charge on any atom is 0.290 e. The molecule has 0 radical (unpaired) electrons. The number of fused-ring (bicyclic) bond motifs is 1. The predicted octanol–water partition coefficient (Wildman–Crippen LogP) is 3.36. The van der Waals surface area contributed by atoms with Crippen LogP contribution >= 0.6 is 11.8 Å². The van der Waals surface area contributed by atoms with Crippen LogP contribution in [0.3, 0.4) is 0 Å². The molecule has 4 rings (SSSR count). The zero-order chi connectivity index (χ0) is 21.8. The van der Waals surface area contributed by atoms with Crippen LogP contribution in [0.2, 0.25) is 0 Å². The highest BCUT2D eigenvalue weighted by molar-refractivity contribution is 7.99. The Labute approximate surface area is 183 Å². The lowest BCUT2D eigenvalue weighted by molar-refractivity contribution is -0.118. The van der Waals surface area contributed by atoms with Crippen molar-refractivity contribution < 1.29 is 4.79 Å². The Morgan fingerprint density at radius 1 is 1.10 bits per heavy atom. The summed E-state index contributed by atoms with van der Waals surface area (Å²) in [7, 11) is 0. The van der Waals surface area contributed by atoms with Gasteiger partial charge in [-0.3, -0.25) is 9.59 Å². The molecule has 4 aromatic rings. The smallest absolute Gasteiger partial charge is 0.290 e. The quantitative estimate of drug-likeness (QED) is 0.436. The maximum absolute atomic E-state index is 12.3. The number of hydrogen-bond acceptors (Lipinski definition) is 5. The van der Waals surface area contributed by atoms with Gasteiger partial charge in [0.05, 0.1) is 11.4 Å². The highest BCUT2D eigenvalue weighted by Gasteiger charge is 2.14. The number of benzene rings is 2. The first kappa shape index (κ1) is 20.9. The summed E-state index contributed by atoms with van der Waals surface area (Å²) in [6, 6.07) is 17.8. The van der Waals surface area contributed by atoms with E-state index >= 15 is 0 Å². The van der Waals surface area contributed by atoms with Crippen molar-refractivity contribution in [1.29, 1.82) is 0 Å². The molecule has 7 nitrogen and oxygen atoms in total. The predicted molar refractivity (Wildman–Crippen MR) is 122 cm³/mol. The van der Waals surface area contributed by atoms with Gasteiger partial charge in [0.1, 0.15) is 5.52 Å². The van der Waals surface area contributed by atoms with Crippen LogP contribution in [0.25, 0.3) is 16.8 Å². The van der Waals surface area contributed by atoms with Crippen molar-refractivity contribution in [2.24, 2.45) is 0 Å². The van der Waals surface area contributed by atoms with Crippen molar-refractivity contribution >= 4 is 23.2 Å². The van der Waals surface area contributed by atoms with Gasteiger partial charge in [0.25, 0.3) is 5.56 Å². The number of nitrogens with zero attached hydrogens (tertiary/aromatic N) is 3. The lowest BCUT2D eigenvalue weighted by atomic mass is 10.1. The minimum atomic E-state index is -0.322. The van der Waals surface area contributed by atoms with Crippen LogP contribution < -0.4 is 10.9 Å². The van der Waals surface area contributed by atoms with Crippen molar-refractivity contribution in [2.45, 2.75) is 32.0 Å². The molecule has 0 saturated carbocycles. The number of hydrogen-bond donors (Lipinski definition) is 2. The van der Waals surface area contributed by atoms with E-state index in [4.69, 9.17) is 0 Å². The molecule has 158 valence electrons. The summed E-state index contributed by atoms with van der Waals surface area (Å²) in [6.07, 6.45) is 0.960. The summed E-state index contributed by atoms with van der Waals surface area (Å²) >= 11 is 1.23. The molecule has 0 aliphatic heterocycles. The second-order valence-corrected chi connectivity index (χ2v) is 8.21. The summed E-state index contributed by atoms with van der Waals surface area (Å²) in [4.78, 5) is 24.5. The van der Waals surface area contributed by atoms with Crippen molar-refractivity contribution in [3.8, 4) is 11.3 Å². The summed E-state index contributed by atoms with van der Waals surface area (Å²) in [6.45, 7) is 4.59. The van der Waals surface area contributed by atoms with Gasteiger partial charge >= 0.3 is 0 Å². The van der Waals surface area contributed by atoms with Crippen molar-refractivity contribution in [3.05, 3.63) is 81.6 Å². The van der Waals surface area contributed by atoms with E-state index in [-0.39, 0.29) is 17.2 Å². The fourth-order valence-corrected chi connectivity index (χ4v) is 3.86. The van der Waals surface area contributed by atoms with E-state index in [0.717, 1.165) is 17.5 Å². The maximum atomic E-state index is 12.3. The fourth-order valence-electron chi connectivity index (χ4n) is 3.13. The fraction of sp³-hybridized carbons (Fsp3) is 0.217. The normalized spacial score (nSPS) is 11.0. The van der Waals surface area contributed by atoms with Gasteiger partial charge < -0.3 is 5.32 Å². The number of thioether (sulfide) groups is 1. The molecule has 2 heterocycles. The molecule has 2 N–H and O–H groups in total. The lowest BCUT2D eigenvalue weighted by Crippen LogP contribution is -2.25. The molecule has 0 bridgehead atoms. The third kappa shape index (κ3) is 4.86. The molecule has 1 amide bonds. The van der Waals surface area contributed by atoms with Crippen LogP contribution in [-0.4, -0.2) is 31.5 Å². The minimum absolute atomic E-state index is 0.116. The van der Waals surface area contributed by atoms with Crippen molar-refractivity contribution in [1.82, 2.24) is 25.1 Å². The van der Waals surface area contributed by atoms with Crippen LogP contribution in [0.1, 0.15) is 23.6 Å². The minimum Gasteiger partial charge on any atom is -0.351 e. The third-order valence-electron chi connectivity index (χ3n) is 4.98. The first-order chi connectivity index (χ1) is 15.0. The van der Waals surface area contributed by atoms with Crippen LogP contribution in [0.15, 0.2) is 64.5 Å². The summed E-state index contributed by atoms with van der Waals surface area (Å²) < 4.78 is 1.50. The Hall–Kier alpha value is -3.39. The van der Waals surface area contributed by atoms with E-state index in [2.05, 4.69) is 39.7 Å². The Bertz CT molecular complexity index is 1260. The number of aryl methyl sites for hydroxylation is 2. The summed E-state index contributed by atoms with van der Waals surface area (Å²) in [5.74, 6) is 0.0506. The number of amides is 1. The molecule has 0 fully saturated rings. The van der Waals surface area contributed by atoms with E-state index in [1.54, 1.807) is 6.07 Å². The molecular formula is C23H23N5O2S. The second-order valence-electron chi connectivity index (χ2n) is 7.26. The van der Waals surface area contributed by atoms with Gasteiger partial charge in [0, 0.05) is 12.1 Å². The molecule has 0 aliphatic carbocycles. The van der Waals surface area contributed by atoms with E-state index in [9.17, 15) is 9.59 Å². The number of rotatable bonds is 7. The number of carbonyl (C=O) groups is 1. The largest absolute Gasteiger partial charge is 0.351 e. The number of carbonyl (C=O) groups excluding carboxylic acids is 1. The molecular weight excluding hydrogens is 410 g/mol. The molecule has 0 spiro atoms. The van der Waals surface area contributed by atoms with E-state index < -0.39 is 0 Å².